The molecule has 126 valence electrons. The molecule has 23 heavy (non-hydrogen) atoms. The fraction of sp³-hybridized carbons (Fsp3) is 0.529. The smallest absolute Gasteiger partial charge is 0.251 e. The second kappa shape index (κ2) is 7.38. The Labute approximate surface area is 143 Å². The molecule has 2 rings (SSSR count). The normalized spacial score (nSPS) is 21.5. The van der Waals surface area contributed by atoms with Crippen LogP contribution >= 0.6 is 11.5 Å². The van der Waals surface area contributed by atoms with E-state index in [4.69, 9.17) is 0 Å². The van der Waals surface area contributed by atoms with E-state index in [-0.39, 0.29) is 6.03 Å². The second-order valence-electron chi connectivity index (χ2n) is 6.24. The summed E-state index contributed by atoms with van der Waals surface area (Å²) < 4.78 is 4.83. The summed E-state index contributed by atoms with van der Waals surface area (Å²) in [5, 5.41) is 4.36. The molecule has 1 aliphatic rings. The minimum atomic E-state index is 0.124. The van der Waals surface area contributed by atoms with E-state index in [0.717, 1.165) is 41.2 Å². The lowest BCUT2D eigenvalue weighted by atomic mass is 10.2. The zero-order valence-electron chi connectivity index (χ0n) is 14.4. The van der Waals surface area contributed by atoms with E-state index in [9.17, 15) is 4.79 Å². The number of hydrogen-bond donors (Lipinski definition) is 1. The first-order valence-electron chi connectivity index (χ1n) is 8.04. The molecular formula is C17H27N4OS+. The summed E-state index contributed by atoms with van der Waals surface area (Å²) in [5.74, 6) is 0. The van der Waals surface area contributed by atoms with E-state index in [1.165, 1.54) is 11.5 Å². The molecule has 0 aromatic carbocycles. The zero-order valence-corrected chi connectivity index (χ0v) is 15.2. The van der Waals surface area contributed by atoms with Gasteiger partial charge in [-0.05, 0) is 37.9 Å². The van der Waals surface area contributed by atoms with Crippen molar-refractivity contribution in [2.45, 2.75) is 33.6 Å². The number of urea groups is 1. The van der Waals surface area contributed by atoms with E-state index in [0.29, 0.717) is 24.4 Å². The summed E-state index contributed by atoms with van der Waals surface area (Å²) in [6, 6.07) is 0.124. The maximum absolute atomic E-state index is 13.3. The van der Waals surface area contributed by atoms with E-state index >= 15 is 0 Å². The van der Waals surface area contributed by atoms with Gasteiger partial charge in [-0.1, -0.05) is 25.7 Å². The van der Waals surface area contributed by atoms with Crippen molar-refractivity contribution in [1.82, 2.24) is 9.69 Å². The van der Waals surface area contributed by atoms with E-state index in [2.05, 4.69) is 36.7 Å². The van der Waals surface area contributed by atoms with Gasteiger partial charge < -0.3 is 0 Å². The number of anilines is 1. The Balaban J connectivity index is 2.32. The molecule has 2 amide bonds. The Kier molecular flexibility index (Phi) is 5.73. The van der Waals surface area contributed by atoms with Gasteiger partial charge in [0.2, 0.25) is 0 Å². The van der Waals surface area contributed by atoms with Gasteiger partial charge >= 0.3 is 6.03 Å². The molecule has 0 aliphatic carbocycles. The Morgan fingerprint density at radius 3 is 2.87 bits per heavy atom. The first kappa shape index (κ1) is 17.8. The number of aryl methyl sites for hydroxylation is 1. The Morgan fingerprint density at radius 2 is 2.30 bits per heavy atom. The first-order valence-corrected chi connectivity index (χ1v) is 8.81. The Bertz CT molecular complexity index is 610. The monoisotopic (exact) mass is 335 g/mol. The van der Waals surface area contributed by atoms with Gasteiger partial charge in [0.1, 0.15) is 18.2 Å². The maximum Gasteiger partial charge on any atom is 0.426 e. The van der Waals surface area contributed by atoms with E-state index in [1.807, 2.05) is 17.9 Å². The lowest BCUT2D eigenvalue weighted by Gasteiger charge is -2.42. The van der Waals surface area contributed by atoms with Gasteiger partial charge in [-0.3, -0.25) is 5.32 Å². The molecule has 1 unspecified atom stereocenters. The number of carbonyl (C=O) groups excluding carboxylic acids is 1. The Morgan fingerprint density at radius 1 is 1.57 bits per heavy atom. The molecule has 1 aliphatic heterocycles. The fourth-order valence-corrected chi connectivity index (χ4v) is 3.89. The number of quaternary nitrogens is 1. The van der Waals surface area contributed by atoms with Crippen LogP contribution in [0.4, 0.5) is 9.80 Å². The predicted octanol–water partition coefficient (Wildman–Crippen LogP) is 3.43. The molecule has 1 fully saturated rings. The number of hydrogen-bond acceptors (Lipinski definition) is 4. The third-order valence-electron chi connectivity index (χ3n) is 4.34. The highest BCUT2D eigenvalue weighted by molar-refractivity contribution is 7.10. The lowest BCUT2D eigenvalue weighted by molar-refractivity contribution is -0.848. The number of nitrogens with zero attached hydrogens (tertiary/aromatic N) is 3. The van der Waals surface area contributed by atoms with Gasteiger partial charge in [-0.15, -0.1) is 0 Å². The van der Waals surface area contributed by atoms with Crippen LogP contribution < -0.4 is 10.2 Å². The zero-order chi connectivity index (χ0) is 17.0. The molecular weight excluding hydrogens is 308 g/mol. The summed E-state index contributed by atoms with van der Waals surface area (Å²) in [4.78, 5) is 15.1. The van der Waals surface area contributed by atoms with Crippen molar-refractivity contribution >= 4 is 22.6 Å². The van der Waals surface area contributed by atoms with Gasteiger partial charge in [-0.2, -0.15) is 4.37 Å². The lowest BCUT2D eigenvalue weighted by Crippen LogP contribution is -2.68. The van der Waals surface area contributed by atoms with Crippen LogP contribution in [0.1, 0.15) is 31.5 Å². The SMILES string of the molecule is C=CC[N+]1(CCC(=C)C)CNCN(c2snc(CC)c2C)C1=O. The fourth-order valence-electron chi connectivity index (χ4n) is 2.93. The number of amides is 2. The molecule has 0 bridgehead atoms. The molecule has 1 saturated heterocycles. The highest BCUT2D eigenvalue weighted by atomic mass is 32.1. The average Bonchev–Trinajstić information content (AvgIpc) is 2.89. The third-order valence-corrected chi connectivity index (χ3v) is 5.35. The van der Waals surface area contributed by atoms with Crippen LogP contribution in [0.15, 0.2) is 24.8 Å². The van der Waals surface area contributed by atoms with Crippen molar-refractivity contribution < 1.29 is 9.28 Å². The van der Waals surface area contributed by atoms with Gasteiger partial charge in [0, 0.05) is 12.0 Å². The van der Waals surface area contributed by atoms with Crippen molar-refractivity contribution in [3.05, 3.63) is 36.1 Å². The average molecular weight is 335 g/mol. The van der Waals surface area contributed by atoms with Crippen LogP contribution in [-0.4, -0.2) is 41.3 Å². The largest absolute Gasteiger partial charge is 0.426 e. The number of carbonyl (C=O) groups is 1. The quantitative estimate of drug-likeness (QED) is 0.613. The summed E-state index contributed by atoms with van der Waals surface area (Å²) in [6.45, 7) is 16.5. The van der Waals surface area contributed by atoms with E-state index < -0.39 is 0 Å². The molecule has 0 radical (unpaired) electrons. The summed E-state index contributed by atoms with van der Waals surface area (Å²) in [7, 11) is 0. The third kappa shape index (κ3) is 3.54. The summed E-state index contributed by atoms with van der Waals surface area (Å²) in [5.41, 5.74) is 3.29. The van der Waals surface area contributed by atoms with Crippen LogP contribution in [-0.2, 0) is 6.42 Å². The van der Waals surface area contributed by atoms with Gasteiger partial charge in [0.05, 0.1) is 18.9 Å². The number of rotatable bonds is 7. The van der Waals surface area contributed by atoms with E-state index in [1.54, 1.807) is 0 Å². The second-order valence-corrected chi connectivity index (χ2v) is 6.99. The predicted molar refractivity (Wildman–Crippen MR) is 96.6 cm³/mol. The standard InChI is InChI=1S/C17H27N4OS/c1-6-9-21(10-8-13(3)4)12-18-11-20(17(21)22)16-14(5)15(7-2)19-23-16/h6,18H,1,3,7-12H2,2,4-5H3/q+1. The molecule has 5 nitrogen and oxygen atoms in total. The highest BCUT2D eigenvalue weighted by Crippen LogP contribution is 2.31. The van der Waals surface area contributed by atoms with Crippen LogP contribution in [0.2, 0.25) is 0 Å². The van der Waals surface area contributed by atoms with Crippen LogP contribution in [0.5, 0.6) is 0 Å². The number of nitrogens with one attached hydrogen (secondary N) is 1. The molecule has 1 aromatic rings. The summed E-state index contributed by atoms with van der Waals surface area (Å²) >= 11 is 1.42. The van der Waals surface area contributed by atoms with Crippen molar-refractivity contribution in [1.29, 1.82) is 0 Å². The molecule has 2 heterocycles. The molecule has 0 spiro atoms. The minimum Gasteiger partial charge on any atom is -0.251 e. The molecule has 1 atom stereocenters. The van der Waals surface area contributed by atoms with Crippen LogP contribution in [0, 0.1) is 6.92 Å². The molecule has 6 heteroatoms. The Hall–Kier alpha value is -1.50. The van der Waals surface area contributed by atoms with Crippen molar-refractivity contribution in [3.8, 4) is 0 Å². The van der Waals surface area contributed by atoms with Gasteiger partial charge in [0.15, 0.2) is 0 Å². The van der Waals surface area contributed by atoms with Crippen molar-refractivity contribution in [3.63, 3.8) is 0 Å². The minimum absolute atomic E-state index is 0.124. The van der Waals surface area contributed by atoms with Gasteiger partial charge in [-0.25, -0.2) is 14.2 Å². The first-order chi connectivity index (χ1) is 10.9. The number of aromatic nitrogens is 1. The topological polar surface area (TPSA) is 45.2 Å². The highest BCUT2D eigenvalue weighted by Gasteiger charge is 2.44. The maximum atomic E-state index is 13.3. The van der Waals surface area contributed by atoms with Crippen molar-refractivity contribution in [2.75, 3.05) is 31.3 Å². The molecule has 1 N–H and O–H groups in total. The molecule has 0 saturated carbocycles. The summed E-state index contributed by atoms with van der Waals surface area (Å²) in [6.07, 6.45) is 3.55. The van der Waals surface area contributed by atoms with Crippen LogP contribution in [0.25, 0.3) is 0 Å². The van der Waals surface area contributed by atoms with Crippen molar-refractivity contribution in [2.24, 2.45) is 0 Å². The molecule has 1 aromatic heterocycles. The van der Waals surface area contributed by atoms with Gasteiger partial charge in [0.25, 0.3) is 0 Å². The van der Waals surface area contributed by atoms with Crippen LogP contribution in [0.3, 0.4) is 0 Å².